The van der Waals surface area contributed by atoms with Crippen LogP contribution in [0.5, 0.6) is 0 Å². The number of hydrogen-bond donors (Lipinski definition) is 0. The summed E-state index contributed by atoms with van der Waals surface area (Å²) in [5.41, 5.74) is 2.05. The molecule has 0 unspecified atom stereocenters. The van der Waals surface area contributed by atoms with E-state index in [9.17, 15) is 0 Å². The van der Waals surface area contributed by atoms with Gasteiger partial charge in [0.1, 0.15) is 5.82 Å². The Bertz CT molecular complexity index is 468. The fourth-order valence-corrected chi connectivity index (χ4v) is 1.30. The van der Waals surface area contributed by atoms with Crippen LogP contribution in [-0.2, 0) is 6.42 Å². The normalized spacial score (nSPS) is 9.53. The molecule has 0 spiro atoms. The van der Waals surface area contributed by atoms with Crippen molar-refractivity contribution in [1.82, 2.24) is 9.97 Å². The molecule has 0 amide bonds. The lowest BCUT2D eigenvalue weighted by Crippen LogP contribution is -1.92. The molecule has 0 atom stereocenters. The fourth-order valence-electron chi connectivity index (χ4n) is 1.30. The first-order valence-corrected chi connectivity index (χ1v) is 4.63. The van der Waals surface area contributed by atoms with E-state index < -0.39 is 0 Å². The van der Waals surface area contributed by atoms with Gasteiger partial charge in [0.2, 0.25) is 0 Å². The second-order valence-electron chi connectivity index (χ2n) is 3.09. The summed E-state index contributed by atoms with van der Waals surface area (Å²) in [5.74, 6) is 0.567. The van der Waals surface area contributed by atoms with Gasteiger partial charge in [-0.25, -0.2) is 9.97 Å². The van der Waals surface area contributed by atoms with Crippen molar-refractivity contribution in [2.75, 3.05) is 0 Å². The van der Waals surface area contributed by atoms with Crippen molar-refractivity contribution in [3.8, 4) is 17.2 Å². The van der Waals surface area contributed by atoms with Gasteiger partial charge in [-0.05, 0) is 5.56 Å². The SMILES string of the molecule is N#CCc1ncc(-c2ccccc2)cn1. The highest BCUT2D eigenvalue weighted by atomic mass is 14.9. The fraction of sp³-hybridized carbons (Fsp3) is 0.0833. The minimum atomic E-state index is 0.259. The van der Waals surface area contributed by atoms with E-state index in [2.05, 4.69) is 9.97 Å². The number of rotatable bonds is 2. The van der Waals surface area contributed by atoms with Crippen molar-refractivity contribution in [2.24, 2.45) is 0 Å². The molecule has 0 aliphatic rings. The van der Waals surface area contributed by atoms with Gasteiger partial charge in [-0.1, -0.05) is 30.3 Å². The lowest BCUT2D eigenvalue weighted by atomic mass is 10.1. The maximum atomic E-state index is 8.48. The van der Waals surface area contributed by atoms with Gasteiger partial charge in [0.25, 0.3) is 0 Å². The van der Waals surface area contributed by atoms with Crippen LogP contribution in [0.25, 0.3) is 11.1 Å². The molecule has 1 aromatic heterocycles. The summed E-state index contributed by atoms with van der Waals surface area (Å²) in [5, 5.41) is 8.48. The summed E-state index contributed by atoms with van der Waals surface area (Å²) < 4.78 is 0. The first-order valence-electron chi connectivity index (χ1n) is 4.63. The summed E-state index contributed by atoms with van der Waals surface area (Å²) in [6.45, 7) is 0. The Morgan fingerprint density at radius 2 is 1.67 bits per heavy atom. The van der Waals surface area contributed by atoms with Crippen molar-refractivity contribution in [2.45, 2.75) is 6.42 Å². The molecule has 0 aliphatic heterocycles. The summed E-state index contributed by atoms with van der Waals surface area (Å²) >= 11 is 0. The van der Waals surface area contributed by atoms with Gasteiger partial charge in [0.05, 0.1) is 12.5 Å². The van der Waals surface area contributed by atoms with Crippen molar-refractivity contribution >= 4 is 0 Å². The Morgan fingerprint density at radius 1 is 1.00 bits per heavy atom. The molecule has 0 saturated carbocycles. The average Bonchev–Trinajstić information content (AvgIpc) is 2.32. The molecule has 0 bridgehead atoms. The quantitative estimate of drug-likeness (QED) is 0.738. The molecule has 0 aliphatic carbocycles. The van der Waals surface area contributed by atoms with Crippen LogP contribution >= 0.6 is 0 Å². The van der Waals surface area contributed by atoms with Gasteiger partial charge in [0, 0.05) is 18.0 Å². The Morgan fingerprint density at radius 3 is 2.27 bits per heavy atom. The second-order valence-corrected chi connectivity index (χ2v) is 3.09. The predicted molar refractivity (Wildman–Crippen MR) is 56.8 cm³/mol. The number of aromatic nitrogens is 2. The van der Waals surface area contributed by atoms with Crippen molar-refractivity contribution in [3.63, 3.8) is 0 Å². The van der Waals surface area contributed by atoms with Crippen LogP contribution in [0.2, 0.25) is 0 Å². The van der Waals surface area contributed by atoms with Crippen LogP contribution < -0.4 is 0 Å². The number of nitriles is 1. The highest BCUT2D eigenvalue weighted by Gasteiger charge is 1.98. The van der Waals surface area contributed by atoms with Crippen LogP contribution in [0, 0.1) is 11.3 Å². The first-order chi connectivity index (χ1) is 7.40. The summed E-state index contributed by atoms with van der Waals surface area (Å²) in [7, 11) is 0. The minimum Gasteiger partial charge on any atom is -0.240 e. The van der Waals surface area contributed by atoms with E-state index in [4.69, 9.17) is 5.26 Å². The Hall–Kier alpha value is -2.21. The largest absolute Gasteiger partial charge is 0.240 e. The zero-order chi connectivity index (χ0) is 10.5. The van der Waals surface area contributed by atoms with Gasteiger partial charge < -0.3 is 0 Å². The van der Waals surface area contributed by atoms with E-state index in [0.717, 1.165) is 11.1 Å². The standard InChI is InChI=1S/C12H9N3/c13-7-6-12-14-8-11(9-15-12)10-4-2-1-3-5-10/h1-5,8-9H,6H2. The summed E-state index contributed by atoms with van der Waals surface area (Å²) in [6, 6.07) is 11.9. The van der Waals surface area contributed by atoms with Crippen LogP contribution in [0.15, 0.2) is 42.7 Å². The highest BCUT2D eigenvalue weighted by Crippen LogP contribution is 2.16. The zero-order valence-corrected chi connectivity index (χ0v) is 8.09. The van der Waals surface area contributed by atoms with Gasteiger partial charge in [-0.3, -0.25) is 0 Å². The van der Waals surface area contributed by atoms with E-state index in [0.29, 0.717) is 5.82 Å². The van der Waals surface area contributed by atoms with Gasteiger partial charge in [0.15, 0.2) is 0 Å². The molecule has 15 heavy (non-hydrogen) atoms. The highest BCUT2D eigenvalue weighted by molar-refractivity contribution is 5.60. The molecule has 0 N–H and O–H groups in total. The Kier molecular flexibility index (Phi) is 2.70. The molecule has 1 aromatic carbocycles. The van der Waals surface area contributed by atoms with Crippen LogP contribution in [0.3, 0.4) is 0 Å². The minimum absolute atomic E-state index is 0.259. The van der Waals surface area contributed by atoms with E-state index in [1.807, 2.05) is 36.4 Å². The molecule has 0 radical (unpaired) electrons. The third kappa shape index (κ3) is 2.18. The molecule has 3 nitrogen and oxygen atoms in total. The maximum Gasteiger partial charge on any atom is 0.142 e. The third-order valence-corrected chi connectivity index (χ3v) is 2.05. The van der Waals surface area contributed by atoms with E-state index in [-0.39, 0.29) is 6.42 Å². The summed E-state index contributed by atoms with van der Waals surface area (Å²) in [6.07, 6.45) is 3.75. The predicted octanol–water partition coefficient (Wildman–Crippen LogP) is 2.21. The average molecular weight is 195 g/mol. The van der Waals surface area contributed by atoms with Crippen molar-refractivity contribution in [3.05, 3.63) is 48.5 Å². The number of hydrogen-bond acceptors (Lipinski definition) is 3. The molecular weight excluding hydrogens is 186 g/mol. The molecule has 2 rings (SSSR count). The molecular formula is C12H9N3. The van der Waals surface area contributed by atoms with Crippen molar-refractivity contribution < 1.29 is 0 Å². The van der Waals surface area contributed by atoms with E-state index in [1.165, 1.54) is 0 Å². The molecule has 0 fully saturated rings. The monoisotopic (exact) mass is 195 g/mol. The second kappa shape index (κ2) is 4.34. The number of nitrogens with zero attached hydrogens (tertiary/aromatic N) is 3. The molecule has 1 heterocycles. The lowest BCUT2D eigenvalue weighted by Gasteiger charge is -2.00. The Balaban J connectivity index is 2.29. The topological polar surface area (TPSA) is 49.6 Å². The third-order valence-electron chi connectivity index (χ3n) is 2.05. The molecule has 72 valence electrons. The first kappa shape index (κ1) is 9.35. The van der Waals surface area contributed by atoms with Gasteiger partial charge in [-0.15, -0.1) is 0 Å². The van der Waals surface area contributed by atoms with Crippen molar-refractivity contribution in [1.29, 1.82) is 5.26 Å². The molecule has 3 heteroatoms. The smallest absolute Gasteiger partial charge is 0.142 e. The van der Waals surface area contributed by atoms with Crippen LogP contribution in [0.1, 0.15) is 5.82 Å². The molecule has 2 aromatic rings. The zero-order valence-electron chi connectivity index (χ0n) is 8.09. The summed E-state index contributed by atoms with van der Waals surface area (Å²) in [4.78, 5) is 8.22. The Labute approximate surface area is 88.1 Å². The van der Waals surface area contributed by atoms with Crippen LogP contribution in [-0.4, -0.2) is 9.97 Å². The van der Waals surface area contributed by atoms with Crippen LogP contribution in [0.4, 0.5) is 0 Å². The number of benzene rings is 1. The lowest BCUT2D eigenvalue weighted by molar-refractivity contribution is 0.997. The van der Waals surface area contributed by atoms with E-state index >= 15 is 0 Å². The van der Waals surface area contributed by atoms with E-state index in [1.54, 1.807) is 12.4 Å². The van der Waals surface area contributed by atoms with Gasteiger partial charge in [-0.2, -0.15) is 5.26 Å². The maximum absolute atomic E-state index is 8.48. The molecule has 0 saturated heterocycles. The van der Waals surface area contributed by atoms with Gasteiger partial charge >= 0.3 is 0 Å².